The maximum Gasteiger partial charge on any atom is 0.394 e. The number of benzene rings is 1. The predicted molar refractivity (Wildman–Crippen MR) is 63.6 cm³/mol. The summed E-state index contributed by atoms with van der Waals surface area (Å²) in [6.07, 6.45) is 0. The monoisotopic (exact) mass is 248 g/mol. The van der Waals surface area contributed by atoms with E-state index in [1.807, 2.05) is 0 Å². The lowest BCUT2D eigenvalue weighted by Gasteiger charge is -2.15. The molecular formula is C9H16O4SSi. The molecule has 0 unspecified atom stereocenters. The molecule has 0 aliphatic carbocycles. The highest BCUT2D eigenvalue weighted by Crippen LogP contribution is 2.00. The topological polar surface area (TPSA) is 74.6 Å². The van der Waals surface area contributed by atoms with Crippen LogP contribution < -0.4 is 5.19 Å². The largest absolute Gasteiger partial charge is 0.394 e. The molecule has 0 saturated heterocycles. The maximum atomic E-state index is 8.74. The number of rotatable bonds is 1. The zero-order valence-corrected chi connectivity index (χ0v) is 10.8. The standard InChI is InChI=1S/C9H14Si.H2O4S/c1-10(2,3)9-7-5-4-6-8-9;1-5(2,3)4/h4-8H,1-3H3;(H2,1,2,3,4). The van der Waals surface area contributed by atoms with Crippen molar-refractivity contribution < 1.29 is 17.5 Å². The Kier molecular flexibility index (Phi) is 5.16. The molecule has 0 radical (unpaired) electrons. The lowest BCUT2D eigenvalue weighted by Crippen LogP contribution is -2.37. The third-order valence-electron chi connectivity index (χ3n) is 1.64. The molecule has 6 heteroatoms. The summed E-state index contributed by atoms with van der Waals surface area (Å²) in [5, 5.41) is 1.54. The van der Waals surface area contributed by atoms with Crippen molar-refractivity contribution in [2.45, 2.75) is 19.6 Å². The first-order valence-electron chi connectivity index (χ1n) is 4.36. The van der Waals surface area contributed by atoms with Gasteiger partial charge < -0.3 is 0 Å². The molecule has 0 aliphatic rings. The van der Waals surface area contributed by atoms with Crippen molar-refractivity contribution in [2.75, 3.05) is 0 Å². The quantitative estimate of drug-likeness (QED) is 0.584. The zero-order valence-electron chi connectivity index (χ0n) is 9.01. The minimum Gasteiger partial charge on any atom is -0.264 e. The first-order chi connectivity index (χ1) is 6.61. The Hall–Kier alpha value is -0.693. The Balaban J connectivity index is 0.000000336. The van der Waals surface area contributed by atoms with Crippen molar-refractivity contribution in [3.8, 4) is 0 Å². The van der Waals surface area contributed by atoms with Gasteiger partial charge in [-0.25, -0.2) is 0 Å². The van der Waals surface area contributed by atoms with Crippen molar-refractivity contribution in [1.29, 1.82) is 0 Å². The van der Waals surface area contributed by atoms with Gasteiger partial charge in [-0.15, -0.1) is 0 Å². The van der Waals surface area contributed by atoms with Crippen LogP contribution in [0.4, 0.5) is 0 Å². The first kappa shape index (κ1) is 14.3. The zero-order chi connectivity index (χ0) is 12.1. The van der Waals surface area contributed by atoms with Gasteiger partial charge in [-0.05, 0) is 0 Å². The van der Waals surface area contributed by atoms with E-state index < -0.39 is 18.5 Å². The van der Waals surface area contributed by atoms with Crippen LogP contribution in [0, 0.1) is 0 Å². The van der Waals surface area contributed by atoms with E-state index in [0.29, 0.717) is 0 Å². The third kappa shape index (κ3) is 9.61. The molecule has 2 N–H and O–H groups in total. The highest BCUT2D eigenvalue weighted by Gasteiger charge is 2.14. The third-order valence-corrected chi connectivity index (χ3v) is 3.71. The van der Waals surface area contributed by atoms with Crippen LogP contribution in [0.15, 0.2) is 30.3 Å². The van der Waals surface area contributed by atoms with Crippen LogP contribution in [0.3, 0.4) is 0 Å². The van der Waals surface area contributed by atoms with Gasteiger partial charge >= 0.3 is 10.4 Å². The molecule has 1 rings (SSSR count). The van der Waals surface area contributed by atoms with Gasteiger partial charge in [0.2, 0.25) is 0 Å². The maximum absolute atomic E-state index is 8.74. The van der Waals surface area contributed by atoms with Gasteiger partial charge in [-0.2, -0.15) is 8.42 Å². The molecule has 0 fully saturated rings. The first-order valence-corrected chi connectivity index (χ1v) is 9.26. The van der Waals surface area contributed by atoms with Crippen molar-refractivity contribution in [3.05, 3.63) is 30.3 Å². The molecule has 0 aliphatic heterocycles. The Morgan fingerprint density at radius 2 is 1.33 bits per heavy atom. The van der Waals surface area contributed by atoms with Crippen LogP contribution in [0.1, 0.15) is 0 Å². The molecule has 0 bridgehead atoms. The number of hydrogen-bond acceptors (Lipinski definition) is 2. The molecule has 0 atom stereocenters. The minimum absolute atomic E-state index is 1.03. The van der Waals surface area contributed by atoms with Crippen LogP contribution in [0.5, 0.6) is 0 Å². The van der Waals surface area contributed by atoms with E-state index in [4.69, 9.17) is 17.5 Å². The van der Waals surface area contributed by atoms with Crippen LogP contribution >= 0.6 is 0 Å². The second kappa shape index (κ2) is 5.41. The summed E-state index contributed by atoms with van der Waals surface area (Å²) >= 11 is 0. The molecule has 1 aromatic carbocycles. The summed E-state index contributed by atoms with van der Waals surface area (Å²) in [4.78, 5) is 0. The highest BCUT2D eigenvalue weighted by atomic mass is 32.3. The van der Waals surface area contributed by atoms with Gasteiger partial charge in [0.1, 0.15) is 0 Å². The molecule has 1 aromatic rings. The lowest BCUT2D eigenvalue weighted by atomic mass is 10.4. The molecule has 15 heavy (non-hydrogen) atoms. The second-order valence-corrected chi connectivity index (χ2v) is 10.0. The molecule has 0 aromatic heterocycles. The van der Waals surface area contributed by atoms with Crippen LogP contribution in [-0.2, 0) is 10.4 Å². The summed E-state index contributed by atoms with van der Waals surface area (Å²) in [5.74, 6) is 0. The fraction of sp³-hybridized carbons (Fsp3) is 0.333. The summed E-state index contributed by atoms with van der Waals surface area (Å²) in [5.41, 5.74) is 0. The van der Waals surface area contributed by atoms with Crippen molar-refractivity contribution in [1.82, 2.24) is 0 Å². The van der Waals surface area contributed by atoms with Crippen LogP contribution in [-0.4, -0.2) is 25.6 Å². The van der Waals surface area contributed by atoms with E-state index in [1.165, 1.54) is 5.19 Å². The normalized spacial score (nSPS) is 11.5. The van der Waals surface area contributed by atoms with E-state index in [0.717, 1.165) is 0 Å². The Bertz CT molecular complexity index is 372. The fourth-order valence-corrected chi connectivity index (χ4v) is 2.13. The highest BCUT2D eigenvalue weighted by molar-refractivity contribution is 7.79. The van der Waals surface area contributed by atoms with Crippen molar-refractivity contribution in [2.24, 2.45) is 0 Å². The van der Waals surface area contributed by atoms with E-state index in [-0.39, 0.29) is 0 Å². The summed E-state index contributed by atoms with van der Waals surface area (Å²) in [6, 6.07) is 10.8. The van der Waals surface area contributed by atoms with E-state index in [9.17, 15) is 0 Å². The Labute approximate surface area is 91.5 Å². The molecule has 86 valence electrons. The minimum atomic E-state index is -4.67. The Morgan fingerprint density at radius 3 is 1.53 bits per heavy atom. The van der Waals surface area contributed by atoms with Crippen LogP contribution in [0.25, 0.3) is 0 Å². The molecule has 4 nitrogen and oxygen atoms in total. The van der Waals surface area contributed by atoms with Gasteiger partial charge in [0, 0.05) is 0 Å². The average molecular weight is 248 g/mol. The fourth-order valence-electron chi connectivity index (χ4n) is 0.938. The van der Waals surface area contributed by atoms with E-state index >= 15 is 0 Å². The second-order valence-electron chi connectivity index (χ2n) is 4.06. The van der Waals surface area contributed by atoms with Gasteiger partial charge in [0.25, 0.3) is 0 Å². The predicted octanol–water partition coefficient (Wildman–Crippen LogP) is 1.58. The molecular weight excluding hydrogens is 232 g/mol. The lowest BCUT2D eigenvalue weighted by molar-refractivity contribution is 0.381. The Morgan fingerprint density at radius 1 is 1.00 bits per heavy atom. The molecule has 0 saturated carbocycles. The van der Waals surface area contributed by atoms with Crippen molar-refractivity contribution in [3.63, 3.8) is 0 Å². The summed E-state index contributed by atoms with van der Waals surface area (Å²) < 4.78 is 31.6. The van der Waals surface area contributed by atoms with E-state index in [1.54, 1.807) is 0 Å². The van der Waals surface area contributed by atoms with Gasteiger partial charge in [0.15, 0.2) is 0 Å². The summed E-state index contributed by atoms with van der Waals surface area (Å²) in [7, 11) is -5.70. The van der Waals surface area contributed by atoms with E-state index in [2.05, 4.69) is 50.0 Å². The van der Waals surface area contributed by atoms with Gasteiger partial charge in [-0.1, -0.05) is 55.2 Å². The van der Waals surface area contributed by atoms with Gasteiger partial charge in [0.05, 0.1) is 8.07 Å². The van der Waals surface area contributed by atoms with Gasteiger partial charge in [-0.3, -0.25) is 9.11 Å². The molecule has 0 amide bonds. The SMILES string of the molecule is C[Si](C)(C)c1ccccc1.O=S(=O)(O)O. The van der Waals surface area contributed by atoms with Crippen LogP contribution in [0.2, 0.25) is 19.6 Å². The number of hydrogen-bond donors (Lipinski definition) is 2. The molecule has 0 heterocycles. The molecule has 0 spiro atoms. The smallest absolute Gasteiger partial charge is 0.264 e. The van der Waals surface area contributed by atoms with Crippen molar-refractivity contribution >= 4 is 23.7 Å². The average Bonchev–Trinajstić information content (AvgIpc) is 2.01. The summed E-state index contributed by atoms with van der Waals surface area (Å²) in [6.45, 7) is 7.09.